The highest BCUT2D eigenvalue weighted by Gasteiger charge is 2.20. The Balaban J connectivity index is 2.43. The highest BCUT2D eigenvalue weighted by molar-refractivity contribution is 5.83. The van der Waals surface area contributed by atoms with E-state index in [1.807, 2.05) is 0 Å². The van der Waals surface area contributed by atoms with E-state index in [0.29, 0.717) is 38.8 Å². The van der Waals surface area contributed by atoms with Gasteiger partial charge >= 0.3 is 0 Å². The summed E-state index contributed by atoms with van der Waals surface area (Å²) >= 11 is 0. The maximum absolute atomic E-state index is 12.0. The normalized spacial score (nSPS) is 15.9. The van der Waals surface area contributed by atoms with E-state index in [2.05, 4.69) is 13.8 Å². The molecule has 0 aromatic rings. The number of ether oxygens (including phenoxy) is 1. The monoisotopic (exact) mass is 256 g/mol. The molecule has 5 nitrogen and oxygen atoms in total. The number of carbonyl (C=O) groups is 2. The fourth-order valence-corrected chi connectivity index (χ4v) is 1.84. The Morgan fingerprint density at radius 1 is 1.28 bits per heavy atom. The molecule has 1 saturated heterocycles. The number of hydrogen-bond acceptors (Lipinski definition) is 3. The van der Waals surface area contributed by atoms with E-state index < -0.39 is 0 Å². The van der Waals surface area contributed by atoms with E-state index in [9.17, 15) is 9.59 Å². The van der Waals surface area contributed by atoms with Crippen molar-refractivity contribution in [2.24, 2.45) is 5.92 Å². The molecule has 0 atom stereocenters. The Hall–Kier alpha value is -1.10. The van der Waals surface area contributed by atoms with Gasteiger partial charge in [0.15, 0.2) is 0 Å². The number of rotatable bonds is 5. The summed E-state index contributed by atoms with van der Waals surface area (Å²) in [6.07, 6.45) is 0.927. The van der Waals surface area contributed by atoms with Crippen molar-refractivity contribution in [3.05, 3.63) is 0 Å². The van der Waals surface area contributed by atoms with E-state index in [1.165, 1.54) is 6.92 Å². The van der Waals surface area contributed by atoms with Crippen molar-refractivity contribution in [2.75, 3.05) is 39.4 Å². The zero-order chi connectivity index (χ0) is 13.5. The number of carbonyl (C=O) groups excluding carboxylic acids is 2. The van der Waals surface area contributed by atoms with Crippen LogP contribution in [-0.2, 0) is 14.3 Å². The number of amides is 2. The summed E-state index contributed by atoms with van der Waals surface area (Å²) in [5.74, 6) is 0.528. The molecule has 18 heavy (non-hydrogen) atoms. The molecule has 0 spiro atoms. The third kappa shape index (κ3) is 5.04. The molecular weight excluding hydrogens is 232 g/mol. The minimum Gasteiger partial charge on any atom is -0.378 e. The van der Waals surface area contributed by atoms with E-state index >= 15 is 0 Å². The second-order valence-corrected chi connectivity index (χ2v) is 5.12. The molecule has 2 amide bonds. The zero-order valence-electron chi connectivity index (χ0n) is 11.6. The molecule has 1 rings (SSSR count). The summed E-state index contributed by atoms with van der Waals surface area (Å²) in [4.78, 5) is 26.9. The predicted molar refractivity (Wildman–Crippen MR) is 69.1 cm³/mol. The van der Waals surface area contributed by atoms with Gasteiger partial charge in [0, 0.05) is 26.6 Å². The van der Waals surface area contributed by atoms with Crippen LogP contribution < -0.4 is 0 Å². The average molecular weight is 256 g/mol. The lowest BCUT2D eigenvalue weighted by atomic mass is 10.1. The summed E-state index contributed by atoms with van der Waals surface area (Å²) < 4.78 is 5.21. The van der Waals surface area contributed by atoms with E-state index in [4.69, 9.17) is 4.74 Å². The van der Waals surface area contributed by atoms with Crippen molar-refractivity contribution in [3.63, 3.8) is 0 Å². The number of morpholine rings is 1. The van der Waals surface area contributed by atoms with Crippen LogP contribution in [0, 0.1) is 5.92 Å². The first-order valence-corrected chi connectivity index (χ1v) is 6.61. The van der Waals surface area contributed by atoms with Gasteiger partial charge in [0.2, 0.25) is 11.8 Å². The standard InChI is InChI=1S/C13H24N2O3/c1-11(2)4-5-15(12(3)16)10-13(17)14-6-8-18-9-7-14/h11H,4-10H2,1-3H3. The van der Waals surface area contributed by atoms with Crippen molar-refractivity contribution >= 4 is 11.8 Å². The van der Waals surface area contributed by atoms with Crippen molar-refractivity contribution < 1.29 is 14.3 Å². The maximum Gasteiger partial charge on any atom is 0.242 e. The molecule has 5 heteroatoms. The minimum absolute atomic E-state index is 0.0252. The molecule has 0 radical (unpaired) electrons. The van der Waals surface area contributed by atoms with Gasteiger partial charge in [-0.05, 0) is 12.3 Å². The van der Waals surface area contributed by atoms with Gasteiger partial charge in [-0.1, -0.05) is 13.8 Å². The van der Waals surface area contributed by atoms with Crippen molar-refractivity contribution in [2.45, 2.75) is 27.2 Å². The van der Waals surface area contributed by atoms with Gasteiger partial charge in [-0.2, -0.15) is 0 Å². The molecule has 1 aliphatic rings. The van der Waals surface area contributed by atoms with Crippen molar-refractivity contribution in [3.8, 4) is 0 Å². The summed E-state index contributed by atoms with van der Waals surface area (Å²) in [5.41, 5.74) is 0. The summed E-state index contributed by atoms with van der Waals surface area (Å²) in [6.45, 7) is 9.06. The lowest BCUT2D eigenvalue weighted by Gasteiger charge is -2.30. The molecule has 104 valence electrons. The van der Waals surface area contributed by atoms with Gasteiger partial charge in [-0.3, -0.25) is 9.59 Å². The fourth-order valence-electron chi connectivity index (χ4n) is 1.84. The van der Waals surface area contributed by atoms with Crippen LogP contribution in [0.3, 0.4) is 0 Å². The van der Waals surface area contributed by atoms with Crippen LogP contribution in [-0.4, -0.2) is 61.0 Å². The summed E-state index contributed by atoms with van der Waals surface area (Å²) in [6, 6.07) is 0. The van der Waals surface area contributed by atoms with Gasteiger partial charge in [0.1, 0.15) is 0 Å². The predicted octanol–water partition coefficient (Wildman–Crippen LogP) is 0.740. The smallest absolute Gasteiger partial charge is 0.242 e. The molecule has 0 saturated carbocycles. The second-order valence-electron chi connectivity index (χ2n) is 5.12. The van der Waals surface area contributed by atoms with Gasteiger partial charge in [-0.25, -0.2) is 0 Å². The third-order valence-electron chi connectivity index (χ3n) is 3.11. The molecule has 0 aromatic heterocycles. The van der Waals surface area contributed by atoms with Crippen LogP contribution in [0.1, 0.15) is 27.2 Å². The van der Waals surface area contributed by atoms with E-state index in [0.717, 1.165) is 6.42 Å². The average Bonchev–Trinajstić information content (AvgIpc) is 2.34. The molecule has 0 unspecified atom stereocenters. The molecule has 0 aliphatic carbocycles. The first kappa shape index (κ1) is 15.0. The molecule has 0 bridgehead atoms. The molecular formula is C13H24N2O3. The van der Waals surface area contributed by atoms with Gasteiger partial charge in [-0.15, -0.1) is 0 Å². The Morgan fingerprint density at radius 3 is 2.39 bits per heavy atom. The van der Waals surface area contributed by atoms with Crippen LogP contribution in [0.2, 0.25) is 0 Å². The maximum atomic E-state index is 12.0. The summed E-state index contributed by atoms with van der Waals surface area (Å²) in [7, 11) is 0. The highest BCUT2D eigenvalue weighted by Crippen LogP contribution is 2.04. The Bertz CT molecular complexity index is 286. The van der Waals surface area contributed by atoms with Crippen LogP contribution >= 0.6 is 0 Å². The highest BCUT2D eigenvalue weighted by atomic mass is 16.5. The van der Waals surface area contributed by atoms with Gasteiger partial charge in [0.05, 0.1) is 19.8 Å². The molecule has 1 fully saturated rings. The molecule has 0 aromatic carbocycles. The van der Waals surface area contributed by atoms with Crippen LogP contribution in [0.4, 0.5) is 0 Å². The first-order valence-electron chi connectivity index (χ1n) is 6.61. The molecule has 1 heterocycles. The lowest BCUT2D eigenvalue weighted by molar-refractivity contribution is -0.142. The van der Waals surface area contributed by atoms with Crippen LogP contribution in [0.15, 0.2) is 0 Å². The Kier molecular flexibility index (Phi) is 6.12. The topological polar surface area (TPSA) is 49.9 Å². The fraction of sp³-hybridized carbons (Fsp3) is 0.846. The van der Waals surface area contributed by atoms with Gasteiger partial charge < -0.3 is 14.5 Å². The van der Waals surface area contributed by atoms with Crippen molar-refractivity contribution in [1.82, 2.24) is 9.80 Å². The van der Waals surface area contributed by atoms with Crippen LogP contribution in [0.25, 0.3) is 0 Å². The Morgan fingerprint density at radius 2 is 1.89 bits per heavy atom. The quantitative estimate of drug-likeness (QED) is 0.729. The van der Waals surface area contributed by atoms with Crippen molar-refractivity contribution in [1.29, 1.82) is 0 Å². The third-order valence-corrected chi connectivity index (χ3v) is 3.11. The van der Waals surface area contributed by atoms with Crippen LogP contribution in [0.5, 0.6) is 0 Å². The Labute approximate surface area is 109 Å². The molecule has 0 N–H and O–H groups in total. The first-order chi connectivity index (χ1) is 8.50. The van der Waals surface area contributed by atoms with E-state index in [1.54, 1.807) is 9.80 Å². The second kappa shape index (κ2) is 7.36. The number of nitrogens with zero attached hydrogens (tertiary/aromatic N) is 2. The minimum atomic E-state index is -0.0303. The SMILES string of the molecule is CC(=O)N(CCC(C)C)CC(=O)N1CCOCC1. The largest absolute Gasteiger partial charge is 0.378 e. The lowest BCUT2D eigenvalue weighted by Crippen LogP contribution is -2.47. The summed E-state index contributed by atoms with van der Waals surface area (Å²) in [5, 5.41) is 0. The van der Waals surface area contributed by atoms with E-state index in [-0.39, 0.29) is 18.4 Å². The zero-order valence-corrected chi connectivity index (χ0v) is 11.6. The van der Waals surface area contributed by atoms with Gasteiger partial charge in [0.25, 0.3) is 0 Å². The number of hydrogen-bond donors (Lipinski definition) is 0. The molecule has 1 aliphatic heterocycles.